The van der Waals surface area contributed by atoms with E-state index in [1.54, 1.807) is 12.4 Å². The van der Waals surface area contributed by atoms with Crippen LogP contribution in [0.1, 0.15) is 10.4 Å². The van der Waals surface area contributed by atoms with Gasteiger partial charge in [-0.25, -0.2) is 14.9 Å². The molecular weight excluding hydrogens is 420 g/mol. The number of piperazine rings is 1. The number of hydrogen-bond donors (Lipinski definition) is 2. The van der Waals surface area contributed by atoms with Crippen LogP contribution in [0, 0.1) is 0 Å². The summed E-state index contributed by atoms with van der Waals surface area (Å²) < 4.78 is 0. The number of hydrogen-bond acceptors (Lipinski definition) is 9. The topological polar surface area (TPSA) is 109 Å². The quantitative estimate of drug-likeness (QED) is 0.624. The minimum Gasteiger partial charge on any atom is -0.369 e. The van der Waals surface area contributed by atoms with Crippen molar-refractivity contribution in [2.24, 2.45) is 4.99 Å². The molecule has 33 heavy (non-hydrogen) atoms. The van der Waals surface area contributed by atoms with Gasteiger partial charge in [0.05, 0.1) is 19.1 Å². The number of likely N-dealkylation sites (N-methyl/N-ethyl adjacent to an activating group) is 1. The van der Waals surface area contributed by atoms with Crippen LogP contribution in [0.25, 0.3) is 0 Å². The van der Waals surface area contributed by atoms with Gasteiger partial charge >= 0.3 is 0 Å². The first kappa shape index (κ1) is 19.7. The number of rotatable bonds is 4. The number of aromatic amines is 1. The van der Waals surface area contributed by atoms with Crippen molar-refractivity contribution in [3.63, 3.8) is 0 Å². The van der Waals surface area contributed by atoms with E-state index in [0.717, 1.165) is 31.9 Å². The molecule has 1 saturated heterocycles. The molecule has 5 heterocycles. The molecule has 0 radical (unpaired) electrons. The van der Waals surface area contributed by atoms with E-state index in [0.29, 0.717) is 42.2 Å². The second kappa shape index (κ2) is 7.85. The van der Waals surface area contributed by atoms with E-state index in [1.165, 1.54) is 16.9 Å². The minimum absolute atomic E-state index is 0.228. The Kier molecular flexibility index (Phi) is 4.68. The van der Waals surface area contributed by atoms with Crippen molar-refractivity contribution in [3.8, 4) is 0 Å². The van der Waals surface area contributed by atoms with Crippen molar-refractivity contribution in [1.82, 2.24) is 24.8 Å². The molecule has 3 aliphatic rings. The number of imidazole rings is 1. The van der Waals surface area contributed by atoms with Gasteiger partial charge in [0.2, 0.25) is 11.9 Å². The predicted molar refractivity (Wildman–Crippen MR) is 127 cm³/mol. The molecule has 0 saturated carbocycles. The van der Waals surface area contributed by atoms with Gasteiger partial charge in [0, 0.05) is 50.3 Å². The monoisotopic (exact) mass is 444 g/mol. The number of aliphatic imine (C=N–C) groups is 1. The highest BCUT2D eigenvalue weighted by Gasteiger charge is 2.40. The number of carbonyl (C=O) groups excluding carboxylic acids is 1. The van der Waals surface area contributed by atoms with Crippen LogP contribution in [0.15, 0.2) is 48.0 Å². The van der Waals surface area contributed by atoms with Crippen LogP contribution >= 0.6 is 0 Å². The summed E-state index contributed by atoms with van der Waals surface area (Å²) in [6, 6.07) is 8.29. The van der Waals surface area contributed by atoms with Crippen LogP contribution < -0.4 is 20.0 Å². The maximum atomic E-state index is 13.2. The van der Waals surface area contributed by atoms with Crippen LogP contribution in [-0.4, -0.2) is 83.0 Å². The average Bonchev–Trinajstić information content (AvgIpc) is 3.53. The summed E-state index contributed by atoms with van der Waals surface area (Å²) in [6.07, 6.45) is 4.71. The average molecular weight is 445 g/mol. The highest BCUT2D eigenvalue weighted by atomic mass is 16.2. The molecular formula is C22H24N10O. The highest BCUT2D eigenvalue weighted by Crippen LogP contribution is 2.32. The van der Waals surface area contributed by atoms with Crippen LogP contribution in [0.2, 0.25) is 0 Å². The zero-order chi connectivity index (χ0) is 22.4. The SMILES string of the molecule is CN1CCN(c2ccc(Nc3ncc4c(n3)N3CCN=C3N(c3cnc[nH]3)C4=O)cc2)CC1. The number of amides is 1. The fourth-order valence-electron chi connectivity index (χ4n) is 4.37. The van der Waals surface area contributed by atoms with Crippen molar-refractivity contribution in [3.05, 3.63) is 48.5 Å². The Hall–Kier alpha value is -3.99. The van der Waals surface area contributed by atoms with Gasteiger partial charge in [-0.15, -0.1) is 0 Å². The summed E-state index contributed by atoms with van der Waals surface area (Å²) in [5, 5.41) is 3.27. The molecule has 3 aliphatic heterocycles. The maximum Gasteiger partial charge on any atom is 0.271 e. The van der Waals surface area contributed by atoms with Crippen molar-refractivity contribution < 1.29 is 4.79 Å². The first-order valence-corrected chi connectivity index (χ1v) is 11.0. The first-order valence-electron chi connectivity index (χ1n) is 11.0. The fraction of sp³-hybridized carbons (Fsp3) is 0.318. The van der Waals surface area contributed by atoms with E-state index in [4.69, 9.17) is 0 Å². The summed E-state index contributed by atoms with van der Waals surface area (Å²) >= 11 is 0. The number of carbonyl (C=O) groups is 1. The Bertz CT molecular complexity index is 1200. The molecule has 168 valence electrons. The molecule has 2 aromatic heterocycles. The number of benzene rings is 1. The lowest BCUT2D eigenvalue weighted by Crippen LogP contribution is -2.51. The summed E-state index contributed by atoms with van der Waals surface area (Å²) in [5.74, 6) is 1.90. The standard InChI is InChI=1S/C22H24N10O/c1-29-8-10-30(11-9-29)16-4-2-15(3-5-16)27-21-25-12-17-19(28-21)31-7-6-24-22(31)32(20(17)33)18-13-23-14-26-18/h2-5,12-14H,6-11H2,1H3,(H,23,26)(H,25,27,28). The molecule has 0 unspecified atom stereocenters. The second-order valence-electron chi connectivity index (χ2n) is 8.30. The Balaban J connectivity index is 1.24. The largest absolute Gasteiger partial charge is 0.369 e. The van der Waals surface area contributed by atoms with Crippen molar-refractivity contribution in [1.29, 1.82) is 0 Å². The highest BCUT2D eigenvalue weighted by molar-refractivity contribution is 6.31. The number of aromatic nitrogens is 4. The Morgan fingerprint density at radius 3 is 2.61 bits per heavy atom. The van der Waals surface area contributed by atoms with Crippen molar-refractivity contribution in [2.75, 3.05) is 66.3 Å². The third-order valence-electron chi connectivity index (χ3n) is 6.19. The fourth-order valence-corrected chi connectivity index (χ4v) is 4.37. The number of nitrogens with zero attached hydrogens (tertiary/aromatic N) is 8. The summed E-state index contributed by atoms with van der Waals surface area (Å²) in [6.45, 7) is 5.44. The molecule has 11 heteroatoms. The lowest BCUT2D eigenvalue weighted by Gasteiger charge is -2.34. The second-order valence-corrected chi connectivity index (χ2v) is 8.30. The van der Waals surface area contributed by atoms with Crippen LogP contribution in [0.5, 0.6) is 0 Å². The normalized spacial score (nSPS) is 18.3. The lowest BCUT2D eigenvalue weighted by atomic mass is 10.2. The maximum absolute atomic E-state index is 13.2. The van der Waals surface area contributed by atoms with Crippen LogP contribution in [0.3, 0.4) is 0 Å². The zero-order valence-electron chi connectivity index (χ0n) is 18.3. The van der Waals surface area contributed by atoms with E-state index in [1.807, 2.05) is 17.0 Å². The number of nitrogens with one attached hydrogen (secondary N) is 2. The smallest absolute Gasteiger partial charge is 0.271 e. The number of fused-ring (bicyclic) bond motifs is 3. The van der Waals surface area contributed by atoms with E-state index in [9.17, 15) is 4.79 Å². The van der Waals surface area contributed by atoms with Gasteiger partial charge < -0.3 is 20.1 Å². The van der Waals surface area contributed by atoms with Crippen LogP contribution in [-0.2, 0) is 0 Å². The van der Waals surface area contributed by atoms with Crippen molar-refractivity contribution in [2.45, 2.75) is 0 Å². The molecule has 11 nitrogen and oxygen atoms in total. The van der Waals surface area contributed by atoms with Gasteiger partial charge in [0.25, 0.3) is 5.91 Å². The Morgan fingerprint density at radius 1 is 1.03 bits per heavy atom. The molecule has 6 rings (SSSR count). The van der Waals surface area contributed by atoms with Gasteiger partial charge in [-0.3, -0.25) is 14.7 Å². The number of H-pyrrole nitrogens is 1. The van der Waals surface area contributed by atoms with E-state index >= 15 is 0 Å². The molecule has 0 atom stereocenters. The molecule has 2 N–H and O–H groups in total. The number of guanidine groups is 1. The zero-order valence-corrected chi connectivity index (χ0v) is 18.3. The van der Waals surface area contributed by atoms with E-state index in [2.05, 4.69) is 59.2 Å². The van der Waals surface area contributed by atoms with E-state index in [-0.39, 0.29) is 5.91 Å². The predicted octanol–water partition coefficient (Wildman–Crippen LogP) is 1.53. The first-order chi connectivity index (χ1) is 16.2. The molecule has 1 aromatic carbocycles. The van der Waals surface area contributed by atoms with Gasteiger partial charge in [-0.05, 0) is 31.3 Å². The molecule has 0 aliphatic carbocycles. The molecule has 1 amide bonds. The van der Waals surface area contributed by atoms with E-state index < -0.39 is 0 Å². The summed E-state index contributed by atoms with van der Waals surface area (Å²) in [7, 11) is 2.16. The lowest BCUT2D eigenvalue weighted by molar-refractivity contribution is 0.0999. The Labute approximate surface area is 190 Å². The van der Waals surface area contributed by atoms with Crippen molar-refractivity contribution >= 4 is 40.8 Å². The van der Waals surface area contributed by atoms with Gasteiger partial charge in [0.15, 0.2) is 5.82 Å². The number of anilines is 5. The van der Waals surface area contributed by atoms with Gasteiger partial charge in [-0.1, -0.05) is 0 Å². The minimum atomic E-state index is -0.228. The Morgan fingerprint density at radius 2 is 1.85 bits per heavy atom. The molecule has 0 bridgehead atoms. The summed E-state index contributed by atoms with van der Waals surface area (Å²) in [5.41, 5.74) is 2.54. The van der Waals surface area contributed by atoms with Crippen LogP contribution in [0.4, 0.5) is 29.0 Å². The molecule has 3 aromatic rings. The third kappa shape index (κ3) is 3.46. The summed E-state index contributed by atoms with van der Waals surface area (Å²) in [4.78, 5) is 42.0. The molecule has 0 spiro atoms. The third-order valence-corrected chi connectivity index (χ3v) is 6.19. The molecule has 1 fully saturated rings. The van der Waals surface area contributed by atoms with Gasteiger partial charge in [-0.2, -0.15) is 4.98 Å². The van der Waals surface area contributed by atoms with Gasteiger partial charge in [0.1, 0.15) is 11.4 Å².